The predicted molar refractivity (Wildman–Crippen MR) is 117 cm³/mol. The molecule has 0 spiro atoms. The third kappa shape index (κ3) is 3.40. The number of fused-ring (bicyclic) bond motifs is 1. The summed E-state index contributed by atoms with van der Waals surface area (Å²) in [5.41, 5.74) is 1.21. The molecule has 1 unspecified atom stereocenters. The zero-order valence-corrected chi connectivity index (χ0v) is 19.3. The molecular formula is C23H26N2O6S. The van der Waals surface area contributed by atoms with Crippen LogP contribution in [0.3, 0.4) is 0 Å². The van der Waals surface area contributed by atoms with Crippen molar-refractivity contribution in [2.75, 3.05) is 20.8 Å². The normalized spacial score (nSPS) is 19.4. The van der Waals surface area contributed by atoms with Crippen LogP contribution in [0.15, 0.2) is 41.3 Å². The van der Waals surface area contributed by atoms with E-state index in [1.54, 1.807) is 39.0 Å². The molecule has 1 saturated heterocycles. The summed E-state index contributed by atoms with van der Waals surface area (Å²) >= 11 is 0. The SMILES string of the molecule is COc1ccc(C2CCCN2C(=O)c2ccc3c(c2)S(=O)(=O)N(C(C)C)C3=O)c(OC)c1. The first-order valence-corrected chi connectivity index (χ1v) is 11.9. The van der Waals surface area contributed by atoms with Crippen LogP contribution in [0.5, 0.6) is 11.5 Å². The van der Waals surface area contributed by atoms with E-state index in [9.17, 15) is 18.0 Å². The average molecular weight is 459 g/mol. The van der Waals surface area contributed by atoms with E-state index in [4.69, 9.17) is 9.47 Å². The van der Waals surface area contributed by atoms with Gasteiger partial charge < -0.3 is 14.4 Å². The fraction of sp³-hybridized carbons (Fsp3) is 0.391. The van der Waals surface area contributed by atoms with Crippen LogP contribution in [0.25, 0.3) is 0 Å². The number of benzene rings is 2. The van der Waals surface area contributed by atoms with Crippen molar-refractivity contribution in [3.8, 4) is 11.5 Å². The molecule has 0 aromatic heterocycles. The van der Waals surface area contributed by atoms with Crippen LogP contribution >= 0.6 is 0 Å². The van der Waals surface area contributed by atoms with Gasteiger partial charge in [-0.15, -0.1) is 0 Å². The number of methoxy groups -OCH3 is 2. The molecule has 4 rings (SSSR count). The Kier molecular flexibility index (Phi) is 5.62. The van der Waals surface area contributed by atoms with E-state index in [2.05, 4.69) is 0 Å². The molecule has 1 atom stereocenters. The van der Waals surface area contributed by atoms with Gasteiger partial charge in [-0.05, 0) is 57.0 Å². The van der Waals surface area contributed by atoms with E-state index < -0.39 is 22.0 Å². The lowest BCUT2D eigenvalue weighted by Gasteiger charge is -2.27. The molecule has 2 aromatic carbocycles. The summed E-state index contributed by atoms with van der Waals surface area (Å²) in [6.07, 6.45) is 1.58. The molecule has 32 heavy (non-hydrogen) atoms. The predicted octanol–water partition coefficient (Wildman–Crippen LogP) is 3.23. The zero-order valence-electron chi connectivity index (χ0n) is 18.5. The van der Waals surface area contributed by atoms with E-state index in [-0.39, 0.29) is 28.0 Å². The average Bonchev–Trinajstić information content (AvgIpc) is 3.33. The first-order valence-electron chi connectivity index (χ1n) is 10.5. The molecule has 2 aliphatic heterocycles. The number of likely N-dealkylation sites (tertiary alicyclic amines) is 1. The fourth-order valence-electron chi connectivity index (χ4n) is 4.48. The van der Waals surface area contributed by atoms with E-state index in [0.717, 1.165) is 22.7 Å². The van der Waals surface area contributed by atoms with Gasteiger partial charge in [0.15, 0.2) is 0 Å². The molecule has 9 heteroatoms. The summed E-state index contributed by atoms with van der Waals surface area (Å²) in [6, 6.07) is 9.07. The van der Waals surface area contributed by atoms with Crippen LogP contribution in [-0.2, 0) is 10.0 Å². The monoisotopic (exact) mass is 458 g/mol. The Balaban J connectivity index is 1.69. The summed E-state index contributed by atoms with van der Waals surface area (Å²) in [7, 11) is -0.831. The van der Waals surface area contributed by atoms with Crippen LogP contribution in [0, 0.1) is 0 Å². The molecule has 2 aliphatic rings. The van der Waals surface area contributed by atoms with Crippen LogP contribution in [0.1, 0.15) is 59.0 Å². The summed E-state index contributed by atoms with van der Waals surface area (Å²) in [6.45, 7) is 3.83. The number of hydrogen-bond acceptors (Lipinski definition) is 6. The zero-order chi connectivity index (χ0) is 23.2. The van der Waals surface area contributed by atoms with Crippen LogP contribution in [-0.4, -0.2) is 56.2 Å². The van der Waals surface area contributed by atoms with Gasteiger partial charge in [-0.1, -0.05) is 0 Å². The second-order valence-electron chi connectivity index (χ2n) is 8.18. The molecule has 8 nitrogen and oxygen atoms in total. The lowest BCUT2D eigenvalue weighted by Crippen LogP contribution is -2.36. The van der Waals surface area contributed by atoms with Gasteiger partial charge in [0.1, 0.15) is 16.4 Å². The molecule has 170 valence electrons. The van der Waals surface area contributed by atoms with Crippen molar-refractivity contribution in [2.24, 2.45) is 0 Å². The highest BCUT2D eigenvalue weighted by molar-refractivity contribution is 7.90. The minimum Gasteiger partial charge on any atom is -0.497 e. The molecule has 0 radical (unpaired) electrons. The standard InChI is InChI=1S/C23H26N2O6S/c1-14(2)25-23(27)18-9-7-15(12-21(18)32(25,28)29)22(26)24-11-5-6-19(24)17-10-8-16(30-3)13-20(17)31-4/h7-10,12-14,19H,5-6,11H2,1-4H3. The maximum absolute atomic E-state index is 13.4. The van der Waals surface area contributed by atoms with E-state index in [1.165, 1.54) is 18.2 Å². The first-order chi connectivity index (χ1) is 15.2. The van der Waals surface area contributed by atoms with E-state index in [0.29, 0.717) is 18.0 Å². The Morgan fingerprint density at radius 2 is 1.84 bits per heavy atom. The van der Waals surface area contributed by atoms with Crippen molar-refractivity contribution in [3.63, 3.8) is 0 Å². The Hall–Kier alpha value is -3.07. The number of amides is 2. The summed E-state index contributed by atoms with van der Waals surface area (Å²) in [5, 5.41) is 0. The first kappa shape index (κ1) is 22.1. The number of rotatable bonds is 5. The van der Waals surface area contributed by atoms with Gasteiger partial charge in [-0.2, -0.15) is 0 Å². The topological polar surface area (TPSA) is 93.2 Å². The molecule has 0 N–H and O–H groups in total. The van der Waals surface area contributed by atoms with Gasteiger partial charge in [0.05, 0.1) is 25.8 Å². The van der Waals surface area contributed by atoms with Gasteiger partial charge in [0.2, 0.25) is 0 Å². The number of nitrogens with zero attached hydrogens (tertiary/aromatic N) is 2. The van der Waals surface area contributed by atoms with Gasteiger partial charge in [0, 0.05) is 29.8 Å². The van der Waals surface area contributed by atoms with Gasteiger partial charge >= 0.3 is 0 Å². The summed E-state index contributed by atoms with van der Waals surface area (Å²) in [4.78, 5) is 27.6. The minimum absolute atomic E-state index is 0.102. The summed E-state index contributed by atoms with van der Waals surface area (Å²) in [5.74, 6) is 0.447. The number of hydrogen-bond donors (Lipinski definition) is 0. The van der Waals surface area contributed by atoms with Crippen molar-refractivity contribution in [2.45, 2.75) is 43.7 Å². The number of carbonyl (C=O) groups is 2. The molecule has 0 saturated carbocycles. The molecule has 0 bridgehead atoms. The van der Waals surface area contributed by atoms with Crippen molar-refractivity contribution >= 4 is 21.8 Å². The maximum Gasteiger partial charge on any atom is 0.269 e. The second kappa shape index (κ2) is 8.12. The fourth-order valence-corrected chi connectivity index (χ4v) is 6.28. The van der Waals surface area contributed by atoms with Gasteiger partial charge in [-0.3, -0.25) is 9.59 Å². The van der Waals surface area contributed by atoms with Gasteiger partial charge in [-0.25, -0.2) is 12.7 Å². The van der Waals surface area contributed by atoms with Crippen molar-refractivity contribution in [3.05, 3.63) is 53.1 Å². The van der Waals surface area contributed by atoms with Crippen molar-refractivity contribution in [1.82, 2.24) is 9.21 Å². The lowest BCUT2D eigenvalue weighted by molar-refractivity contribution is 0.0732. The molecule has 2 heterocycles. The van der Waals surface area contributed by atoms with Crippen molar-refractivity contribution < 1.29 is 27.5 Å². The minimum atomic E-state index is -3.98. The van der Waals surface area contributed by atoms with E-state index >= 15 is 0 Å². The van der Waals surface area contributed by atoms with Crippen molar-refractivity contribution in [1.29, 1.82) is 0 Å². The van der Waals surface area contributed by atoms with Crippen LogP contribution < -0.4 is 9.47 Å². The number of carbonyl (C=O) groups excluding carboxylic acids is 2. The highest BCUT2D eigenvalue weighted by Crippen LogP contribution is 2.40. The molecular weight excluding hydrogens is 432 g/mol. The molecule has 1 fully saturated rings. The Morgan fingerprint density at radius 3 is 2.50 bits per heavy atom. The lowest BCUT2D eigenvalue weighted by atomic mass is 10.0. The number of ether oxygens (including phenoxy) is 2. The highest BCUT2D eigenvalue weighted by Gasteiger charge is 2.43. The van der Waals surface area contributed by atoms with Crippen LogP contribution in [0.4, 0.5) is 0 Å². The second-order valence-corrected chi connectivity index (χ2v) is 9.96. The highest BCUT2D eigenvalue weighted by atomic mass is 32.2. The Bertz CT molecular complexity index is 1190. The quantitative estimate of drug-likeness (QED) is 0.683. The Morgan fingerprint density at radius 1 is 1.09 bits per heavy atom. The summed E-state index contributed by atoms with van der Waals surface area (Å²) < 4.78 is 37.5. The molecule has 0 aliphatic carbocycles. The number of sulfonamides is 1. The molecule has 2 aromatic rings. The third-order valence-electron chi connectivity index (χ3n) is 5.98. The largest absolute Gasteiger partial charge is 0.497 e. The van der Waals surface area contributed by atoms with Crippen LogP contribution in [0.2, 0.25) is 0 Å². The molecule has 2 amide bonds. The van der Waals surface area contributed by atoms with E-state index in [1.807, 2.05) is 12.1 Å². The third-order valence-corrected chi connectivity index (χ3v) is 7.98. The van der Waals surface area contributed by atoms with Gasteiger partial charge in [0.25, 0.3) is 21.8 Å². The Labute approximate surface area is 187 Å². The maximum atomic E-state index is 13.4. The smallest absolute Gasteiger partial charge is 0.269 e.